The van der Waals surface area contributed by atoms with Crippen LogP contribution >= 0.6 is 23.2 Å². The molecule has 5 nitrogen and oxygen atoms in total. The van der Waals surface area contributed by atoms with E-state index in [0.717, 1.165) is 4.90 Å². The van der Waals surface area contributed by atoms with E-state index in [0.29, 0.717) is 0 Å². The lowest BCUT2D eigenvalue weighted by Gasteiger charge is -2.07. The van der Waals surface area contributed by atoms with E-state index in [4.69, 9.17) is 23.2 Å². The average Bonchev–Trinajstić information content (AvgIpc) is 2.50. The number of benzene rings is 1. The zero-order valence-electron chi connectivity index (χ0n) is 8.28. The van der Waals surface area contributed by atoms with Gasteiger partial charge in [0.15, 0.2) is 0 Å². The van der Waals surface area contributed by atoms with Gasteiger partial charge in [-0.1, -0.05) is 0 Å². The highest BCUT2D eigenvalue weighted by Crippen LogP contribution is 2.27. The van der Waals surface area contributed by atoms with Crippen LogP contribution in [0.1, 0.15) is 20.7 Å². The molecule has 0 aromatic heterocycles. The molecule has 1 heterocycles. The van der Waals surface area contributed by atoms with Gasteiger partial charge in [0.2, 0.25) is 0 Å². The second kappa shape index (κ2) is 4.35. The first-order valence-corrected chi connectivity index (χ1v) is 5.39. The lowest BCUT2D eigenvalue weighted by Crippen LogP contribution is -2.28. The summed E-state index contributed by atoms with van der Waals surface area (Å²) in [5.74, 6) is -0.891. The predicted molar refractivity (Wildman–Crippen MR) is 59.5 cm³/mol. The molecule has 0 N–H and O–H groups in total. The molecule has 17 heavy (non-hydrogen) atoms. The first-order chi connectivity index (χ1) is 8.04. The normalized spacial score (nSPS) is 13.9. The van der Waals surface area contributed by atoms with Crippen molar-refractivity contribution in [2.24, 2.45) is 0 Å². The number of ether oxygens (including phenoxy) is 1. The molecule has 0 spiro atoms. The van der Waals surface area contributed by atoms with Crippen LogP contribution < -0.4 is 4.74 Å². The van der Waals surface area contributed by atoms with Gasteiger partial charge in [-0.2, -0.15) is 0 Å². The highest BCUT2D eigenvalue weighted by Gasteiger charge is 2.35. The van der Waals surface area contributed by atoms with E-state index in [9.17, 15) is 14.4 Å². The Labute approximate surface area is 106 Å². The fourth-order valence-corrected chi connectivity index (χ4v) is 1.84. The maximum Gasteiger partial charge on any atom is 0.409 e. The number of imide groups is 1. The van der Waals surface area contributed by atoms with Crippen LogP contribution in [0.25, 0.3) is 0 Å². The fraction of sp³-hybridized carbons (Fsp3) is 0.100. The van der Waals surface area contributed by atoms with E-state index in [1.54, 1.807) is 0 Å². The van der Waals surface area contributed by atoms with Crippen LogP contribution in [-0.4, -0.2) is 28.1 Å². The summed E-state index contributed by atoms with van der Waals surface area (Å²) in [5.41, 5.74) is -0.646. The number of carbonyl (C=O) groups excluding carboxylic acids is 3. The molecular weight excluding hydrogens is 269 g/mol. The average molecular weight is 274 g/mol. The number of halogens is 2. The van der Waals surface area contributed by atoms with Gasteiger partial charge in [0.1, 0.15) is 11.8 Å². The number of alkyl halides is 1. The van der Waals surface area contributed by atoms with Crippen LogP contribution in [0, 0.1) is 0 Å². The third kappa shape index (κ3) is 1.99. The van der Waals surface area contributed by atoms with Crippen molar-refractivity contribution in [1.29, 1.82) is 0 Å². The van der Waals surface area contributed by atoms with Crippen LogP contribution in [0.5, 0.6) is 5.75 Å². The molecule has 0 aliphatic carbocycles. The predicted octanol–water partition coefficient (Wildman–Crippen LogP) is 2.22. The summed E-state index contributed by atoms with van der Waals surface area (Å²) >= 11 is 10.5. The third-order valence-electron chi connectivity index (χ3n) is 2.26. The molecule has 1 aromatic rings. The van der Waals surface area contributed by atoms with Crippen molar-refractivity contribution >= 4 is 40.4 Å². The Morgan fingerprint density at radius 1 is 1.24 bits per heavy atom. The number of amides is 2. The molecule has 88 valence electrons. The molecule has 0 saturated carbocycles. The van der Waals surface area contributed by atoms with E-state index in [1.807, 2.05) is 0 Å². The van der Waals surface area contributed by atoms with Crippen molar-refractivity contribution in [1.82, 2.24) is 4.90 Å². The molecule has 0 unspecified atom stereocenters. The van der Waals surface area contributed by atoms with Gasteiger partial charge in [-0.3, -0.25) is 14.5 Å². The first kappa shape index (κ1) is 11.9. The highest BCUT2D eigenvalue weighted by molar-refractivity contribution is 6.61. The molecule has 1 aliphatic rings. The van der Waals surface area contributed by atoms with Crippen LogP contribution in [0.3, 0.4) is 0 Å². The quantitative estimate of drug-likeness (QED) is 0.359. The second-order valence-corrected chi connectivity index (χ2v) is 3.75. The molecule has 0 atom stereocenters. The van der Waals surface area contributed by atoms with Gasteiger partial charge in [-0.25, -0.2) is 4.79 Å². The number of fused-ring (bicyclic) bond motifs is 1. The Bertz CT molecular complexity index is 529. The molecular formula is C10H5Cl2NO4. The van der Waals surface area contributed by atoms with Crippen molar-refractivity contribution in [3.8, 4) is 5.75 Å². The smallest absolute Gasteiger partial charge is 0.409 e. The molecule has 0 fully saturated rings. The van der Waals surface area contributed by atoms with Gasteiger partial charge in [-0.05, 0) is 18.2 Å². The zero-order chi connectivity index (χ0) is 12.6. The van der Waals surface area contributed by atoms with Gasteiger partial charge in [0.25, 0.3) is 11.8 Å². The van der Waals surface area contributed by atoms with Crippen LogP contribution in [0.2, 0.25) is 0 Å². The lowest BCUT2D eigenvalue weighted by atomic mass is 10.1. The maximum atomic E-state index is 11.7. The molecule has 0 radical (unpaired) electrons. The molecule has 7 heteroatoms. The van der Waals surface area contributed by atoms with Crippen molar-refractivity contribution in [2.45, 2.75) is 0 Å². The van der Waals surface area contributed by atoms with Crippen LogP contribution in [0.4, 0.5) is 4.79 Å². The van der Waals surface area contributed by atoms with Gasteiger partial charge in [0, 0.05) is 11.6 Å². The monoisotopic (exact) mass is 273 g/mol. The zero-order valence-corrected chi connectivity index (χ0v) is 9.79. The van der Waals surface area contributed by atoms with E-state index >= 15 is 0 Å². The Kier molecular flexibility index (Phi) is 3.04. The molecule has 1 aliphatic heterocycles. The summed E-state index contributed by atoms with van der Waals surface area (Å²) in [7, 11) is 0. The number of hydrogen-bond donors (Lipinski definition) is 0. The summed E-state index contributed by atoms with van der Waals surface area (Å²) in [6.07, 6.45) is 0. The summed E-state index contributed by atoms with van der Waals surface area (Å²) in [4.78, 5) is 34.8. The minimum atomic E-state index is -1.02. The number of rotatable bonds is 2. The Morgan fingerprint density at radius 3 is 2.47 bits per heavy atom. The molecule has 2 rings (SSSR count). The standard InChI is InChI=1S/C10H5Cl2NO4/c11-4-13-8(14)6-2-1-5(17-10(12)16)3-7(6)9(13)15/h1-3H,4H2. The summed E-state index contributed by atoms with van der Waals surface area (Å²) in [5, 5.41) is 0. The molecule has 1 aromatic carbocycles. The van der Waals surface area contributed by atoms with Gasteiger partial charge >= 0.3 is 5.43 Å². The number of hydrogen-bond acceptors (Lipinski definition) is 4. The van der Waals surface area contributed by atoms with Gasteiger partial charge in [-0.15, -0.1) is 11.6 Å². The number of nitrogens with zero attached hydrogens (tertiary/aromatic N) is 1. The second-order valence-electron chi connectivity index (χ2n) is 3.20. The van der Waals surface area contributed by atoms with Gasteiger partial charge < -0.3 is 4.74 Å². The summed E-state index contributed by atoms with van der Waals surface area (Å²) in [6, 6.07) is 3.82. The Balaban J connectivity index is 2.42. The van der Waals surface area contributed by atoms with Crippen LogP contribution in [0.15, 0.2) is 18.2 Å². The molecule has 0 saturated heterocycles. The van der Waals surface area contributed by atoms with Crippen molar-refractivity contribution in [3.63, 3.8) is 0 Å². The SMILES string of the molecule is O=C(Cl)Oc1ccc2c(c1)C(=O)N(CCl)C2=O. The fourth-order valence-electron chi connectivity index (χ4n) is 1.53. The van der Waals surface area contributed by atoms with Crippen molar-refractivity contribution in [3.05, 3.63) is 29.3 Å². The Morgan fingerprint density at radius 2 is 1.88 bits per heavy atom. The summed E-state index contributed by atoms with van der Waals surface area (Å²) in [6.45, 7) is 0. The number of carbonyl (C=O) groups is 3. The Hall–Kier alpha value is -1.59. The third-order valence-corrected chi connectivity index (χ3v) is 2.58. The van der Waals surface area contributed by atoms with E-state index in [1.165, 1.54) is 18.2 Å². The van der Waals surface area contributed by atoms with Crippen molar-refractivity contribution < 1.29 is 19.1 Å². The lowest BCUT2D eigenvalue weighted by molar-refractivity contribution is 0.0682. The van der Waals surface area contributed by atoms with Crippen molar-refractivity contribution in [2.75, 3.05) is 6.00 Å². The van der Waals surface area contributed by atoms with E-state index < -0.39 is 17.2 Å². The minimum absolute atomic E-state index is 0.0984. The highest BCUT2D eigenvalue weighted by atomic mass is 35.5. The molecule has 2 amide bonds. The first-order valence-electron chi connectivity index (χ1n) is 4.48. The minimum Gasteiger partial charge on any atom is -0.414 e. The summed E-state index contributed by atoms with van der Waals surface area (Å²) < 4.78 is 4.60. The topological polar surface area (TPSA) is 63.7 Å². The van der Waals surface area contributed by atoms with E-state index in [-0.39, 0.29) is 22.9 Å². The van der Waals surface area contributed by atoms with Crippen LogP contribution in [-0.2, 0) is 0 Å². The molecule has 0 bridgehead atoms. The van der Waals surface area contributed by atoms with Gasteiger partial charge in [0.05, 0.1) is 11.1 Å². The van der Waals surface area contributed by atoms with E-state index in [2.05, 4.69) is 4.74 Å². The maximum absolute atomic E-state index is 11.7. The largest absolute Gasteiger partial charge is 0.414 e.